The molecule has 110 valence electrons. The van der Waals surface area contributed by atoms with Crippen LogP contribution in [0.3, 0.4) is 0 Å². The first-order valence-electron chi connectivity index (χ1n) is 7.52. The Bertz CT molecular complexity index is 428. The van der Waals surface area contributed by atoms with Crippen LogP contribution < -0.4 is 5.32 Å². The second kappa shape index (κ2) is 8.42. The maximum absolute atomic E-state index is 12.0. The molecule has 0 aliphatic carbocycles. The topological polar surface area (TPSA) is 32.3 Å². The maximum Gasteiger partial charge on any atom is 0.251 e. The highest BCUT2D eigenvalue weighted by Crippen LogP contribution is 2.12. The van der Waals surface area contributed by atoms with Gasteiger partial charge in [0.1, 0.15) is 0 Å². The first-order valence-corrected chi connectivity index (χ1v) is 8.31. The Labute approximate surface area is 129 Å². The van der Waals surface area contributed by atoms with E-state index in [0.717, 1.165) is 24.0 Å². The minimum Gasteiger partial charge on any atom is -0.352 e. The zero-order valence-corrected chi connectivity index (χ0v) is 13.5. The van der Waals surface area contributed by atoms with Crippen molar-refractivity contribution in [3.63, 3.8) is 0 Å². The number of nitrogens with zero attached hydrogens (tertiary/aromatic N) is 1. The van der Waals surface area contributed by atoms with Crippen molar-refractivity contribution in [2.24, 2.45) is 0 Å². The van der Waals surface area contributed by atoms with Crippen molar-refractivity contribution in [3.05, 3.63) is 34.3 Å². The van der Waals surface area contributed by atoms with Gasteiger partial charge in [-0.05, 0) is 57.1 Å². The summed E-state index contributed by atoms with van der Waals surface area (Å²) in [6, 6.07) is 7.51. The van der Waals surface area contributed by atoms with Crippen LogP contribution in [-0.2, 0) is 0 Å². The normalized spacial score (nSPS) is 16.6. The number of halogens is 1. The van der Waals surface area contributed by atoms with E-state index in [1.165, 1.54) is 38.8 Å². The highest BCUT2D eigenvalue weighted by atomic mass is 79.9. The van der Waals surface area contributed by atoms with Gasteiger partial charge in [-0.2, -0.15) is 0 Å². The fraction of sp³-hybridized carbons (Fsp3) is 0.562. The zero-order chi connectivity index (χ0) is 14.2. The summed E-state index contributed by atoms with van der Waals surface area (Å²) >= 11 is 3.39. The molecular formula is C16H23BrN2O. The first-order chi connectivity index (χ1) is 9.75. The van der Waals surface area contributed by atoms with Crippen LogP contribution in [0, 0.1) is 0 Å². The summed E-state index contributed by atoms with van der Waals surface area (Å²) in [5.74, 6) is 0.0159. The number of benzene rings is 1. The predicted octanol–water partition coefficient (Wildman–Crippen LogP) is 3.45. The minimum absolute atomic E-state index is 0.0159. The Morgan fingerprint density at radius 1 is 1.20 bits per heavy atom. The molecule has 1 amide bonds. The molecule has 1 heterocycles. The molecule has 0 aromatic heterocycles. The van der Waals surface area contributed by atoms with Gasteiger partial charge in [0.05, 0.1) is 0 Å². The molecule has 1 fully saturated rings. The van der Waals surface area contributed by atoms with Crippen molar-refractivity contribution < 1.29 is 4.79 Å². The second-order valence-corrected chi connectivity index (χ2v) is 6.29. The fourth-order valence-corrected chi connectivity index (χ4v) is 3.00. The number of nitrogens with one attached hydrogen (secondary N) is 1. The SMILES string of the molecule is O=C(NCCCN1CCCCCC1)c1cccc(Br)c1. The third kappa shape index (κ3) is 5.25. The van der Waals surface area contributed by atoms with Gasteiger partial charge in [-0.15, -0.1) is 0 Å². The van der Waals surface area contributed by atoms with E-state index in [2.05, 4.69) is 26.1 Å². The molecule has 0 spiro atoms. The Hall–Kier alpha value is -0.870. The monoisotopic (exact) mass is 338 g/mol. The van der Waals surface area contributed by atoms with Gasteiger partial charge >= 0.3 is 0 Å². The van der Waals surface area contributed by atoms with E-state index in [0.29, 0.717) is 5.56 Å². The van der Waals surface area contributed by atoms with E-state index in [4.69, 9.17) is 0 Å². The van der Waals surface area contributed by atoms with E-state index >= 15 is 0 Å². The van der Waals surface area contributed by atoms with E-state index in [9.17, 15) is 4.79 Å². The Kier molecular flexibility index (Phi) is 6.54. The quantitative estimate of drug-likeness (QED) is 0.834. The average molecular weight is 339 g/mol. The van der Waals surface area contributed by atoms with Crippen molar-refractivity contribution in [2.75, 3.05) is 26.2 Å². The van der Waals surface area contributed by atoms with Gasteiger partial charge in [0.25, 0.3) is 5.91 Å². The first kappa shape index (κ1) is 15.5. The Morgan fingerprint density at radius 3 is 2.65 bits per heavy atom. The maximum atomic E-state index is 12.0. The van der Waals surface area contributed by atoms with Gasteiger partial charge in [-0.1, -0.05) is 34.8 Å². The Morgan fingerprint density at radius 2 is 1.95 bits per heavy atom. The fourth-order valence-electron chi connectivity index (χ4n) is 2.60. The molecular weight excluding hydrogens is 316 g/mol. The predicted molar refractivity (Wildman–Crippen MR) is 86.0 cm³/mol. The molecule has 4 heteroatoms. The summed E-state index contributed by atoms with van der Waals surface area (Å²) in [6.07, 6.45) is 6.42. The number of carbonyl (C=O) groups is 1. The molecule has 1 N–H and O–H groups in total. The number of hydrogen-bond donors (Lipinski definition) is 1. The lowest BCUT2D eigenvalue weighted by Gasteiger charge is -2.19. The van der Waals surface area contributed by atoms with Gasteiger partial charge in [-0.3, -0.25) is 4.79 Å². The Balaban J connectivity index is 1.66. The number of amides is 1. The van der Waals surface area contributed by atoms with Crippen molar-refractivity contribution in [1.29, 1.82) is 0 Å². The van der Waals surface area contributed by atoms with Crippen LogP contribution in [0.15, 0.2) is 28.7 Å². The van der Waals surface area contributed by atoms with E-state index < -0.39 is 0 Å². The van der Waals surface area contributed by atoms with Crippen molar-refractivity contribution in [1.82, 2.24) is 10.2 Å². The van der Waals surface area contributed by atoms with E-state index in [1.807, 2.05) is 24.3 Å². The van der Waals surface area contributed by atoms with Gasteiger partial charge in [0.2, 0.25) is 0 Å². The molecule has 1 aliphatic heterocycles. The van der Waals surface area contributed by atoms with Crippen molar-refractivity contribution in [2.45, 2.75) is 32.1 Å². The molecule has 3 nitrogen and oxygen atoms in total. The molecule has 0 unspecified atom stereocenters. The van der Waals surface area contributed by atoms with E-state index in [1.54, 1.807) is 0 Å². The van der Waals surface area contributed by atoms with Gasteiger partial charge in [0, 0.05) is 16.6 Å². The molecule has 0 atom stereocenters. The summed E-state index contributed by atoms with van der Waals surface area (Å²) in [4.78, 5) is 14.5. The third-order valence-electron chi connectivity index (χ3n) is 3.72. The van der Waals surface area contributed by atoms with Crippen LogP contribution in [0.5, 0.6) is 0 Å². The second-order valence-electron chi connectivity index (χ2n) is 5.38. The van der Waals surface area contributed by atoms with Crippen LogP contribution in [0.25, 0.3) is 0 Å². The molecule has 1 aromatic carbocycles. The number of rotatable bonds is 5. The molecule has 2 rings (SSSR count). The highest BCUT2D eigenvalue weighted by Gasteiger charge is 2.09. The summed E-state index contributed by atoms with van der Waals surface area (Å²) in [7, 11) is 0. The molecule has 0 radical (unpaired) electrons. The molecule has 1 aromatic rings. The highest BCUT2D eigenvalue weighted by molar-refractivity contribution is 9.10. The lowest BCUT2D eigenvalue weighted by Crippen LogP contribution is -2.30. The molecule has 1 saturated heterocycles. The summed E-state index contributed by atoms with van der Waals surface area (Å²) < 4.78 is 0.940. The smallest absolute Gasteiger partial charge is 0.251 e. The van der Waals surface area contributed by atoms with Gasteiger partial charge in [0.15, 0.2) is 0 Å². The molecule has 0 bridgehead atoms. The molecule has 20 heavy (non-hydrogen) atoms. The van der Waals surface area contributed by atoms with Crippen LogP contribution in [-0.4, -0.2) is 37.0 Å². The standard InChI is InChI=1S/C16H23BrN2O/c17-15-8-5-7-14(13-15)16(20)18-9-6-12-19-10-3-1-2-4-11-19/h5,7-8,13H,1-4,6,9-12H2,(H,18,20). The van der Waals surface area contributed by atoms with Crippen molar-refractivity contribution >= 4 is 21.8 Å². The van der Waals surface area contributed by atoms with Gasteiger partial charge < -0.3 is 10.2 Å². The molecule has 0 saturated carbocycles. The lowest BCUT2D eigenvalue weighted by atomic mass is 10.2. The minimum atomic E-state index is 0.0159. The lowest BCUT2D eigenvalue weighted by molar-refractivity contribution is 0.0951. The average Bonchev–Trinajstić information content (AvgIpc) is 2.72. The van der Waals surface area contributed by atoms with E-state index in [-0.39, 0.29) is 5.91 Å². The van der Waals surface area contributed by atoms with Crippen LogP contribution in [0.2, 0.25) is 0 Å². The van der Waals surface area contributed by atoms with Crippen LogP contribution in [0.1, 0.15) is 42.5 Å². The largest absolute Gasteiger partial charge is 0.352 e. The van der Waals surface area contributed by atoms with Gasteiger partial charge in [-0.25, -0.2) is 0 Å². The number of carbonyl (C=O) groups excluding carboxylic acids is 1. The number of hydrogen-bond acceptors (Lipinski definition) is 2. The molecule has 1 aliphatic rings. The summed E-state index contributed by atoms with van der Waals surface area (Å²) in [5.41, 5.74) is 0.717. The third-order valence-corrected chi connectivity index (χ3v) is 4.22. The summed E-state index contributed by atoms with van der Waals surface area (Å²) in [6.45, 7) is 4.29. The van der Waals surface area contributed by atoms with Crippen LogP contribution >= 0.6 is 15.9 Å². The van der Waals surface area contributed by atoms with Crippen molar-refractivity contribution in [3.8, 4) is 0 Å². The summed E-state index contributed by atoms with van der Waals surface area (Å²) in [5, 5.41) is 2.99. The zero-order valence-electron chi connectivity index (χ0n) is 11.9. The van der Waals surface area contributed by atoms with Crippen LogP contribution in [0.4, 0.5) is 0 Å². The number of likely N-dealkylation sites (tertiary alicyclic amines) is 1.